The van der Waals surface area contributed by atoms with Gasteiger partial charge >= 0.3 is 0 Å². The van der Waals surface area contributed by atoms with Gasteiger partial charge in [0, 0.05) is 11.6 Å². The maximum Gasteiger partial charge on any atom is 0.194 e. The quantitative estimate of drug-likeness (QED) is 0.800. The van der Waals surface area contributed by atoms with Gasteiger partial charge in [-0.15, -0.1) is 0 Å². The van der Waals surface area contributed by atoms with Crippen molar-refractivity contribution >= 4 is 27.5 Å². The van der Waals surface area contributed by atoms with Crippen LogP contribution in [0.15, 0.2) is 6.07 Å². The van der Waals surface area contributed by atoms with E-state index in [4.69, 9.17) is 4.98 Å². The van der Waals surface area contributed by atoms with Gasteiger partial charge in [0.2, 0.25) is 0 Å². The van der Waals surface area contributed by atoms with E-state index in [1.807, 2.05) is 13.8 Å². The fraction of sp³-hybridized carbons (Fsp3) is 0.533. The Morgan fingerprint density at radius 1 is 1.37 bits per heavy atom. The minimum absolute atomic E-state index is 0.0511. The molecule has 3 nitrogen and oxygen atoms in total. The van der Waals surface area contributed by atoms with Crippen molar-refractivity contribution in [1.82, 2.24) is 9.97 Å². The van der Waals surface area contributed by atoms with Gasteiger partial charge in [-0.1, -0.05) is 25.2 Å². The molecular weight excluding hydrogens is 256 g/mol. The predicted octanol–water partition coefficient (Wildman–Crippen LogP) is 3.80. The Labute approximate surface area is 117 Å². The van der Waals surface area contributed by atoms with Crippen LogP contribution in [-0.2, 0) is 12.8 Å². The Hall–Kier alpha value is -1.29. The van der Waals surface area contributed by atoms with Gasteiger partial charge in [0.05, 0.1) is 0 Å². The Morgan fingerprint density at radius 2 is 2.16 bits per heavy atom. The molecule has 0 fully saturated rings. The molecule has 0 aromatic carbocycles. The van der Waals surface area contributed by atoms with E-state index < -0.39 is 0 Å². The lowest BCUT2D eigenvalue weighted by Gasteiger charge is -2.13. The summed E-state index contributed by atoms with van der Waals surface area (Å²) >= 11 is 1.45. The van der Waals surface area contributed by atoms with Crippen LogP contribution in [0.25, 0.3) is 10.3 Å². The standard InChI is InChI=1S/C15H18N2OS/c1-3-9(2)13(18)15-17-12-8-10-6-4-5-7-11(10)16-14(12)19-15/h8-9H,3-7H2,1-2H3. The van der Waals surface area contributed by atoms with Crippen molar-refractivity contribution in [2.75, 3.05) is 0 Å². The van der Waals surface area contributed by atoms with E-state index in [1.54, 1.807) is 0 Å². The Bertz CT molecular complexity index is 589. The summed E-state index contributed by atoms with van der Waals surface area (Å²) in [6, 6.07) is 2.14. The minimum atomic E-state index is 0.0511. The highest BCUT2D eigenvalue weighted by molar-refractivity contribution is 7.19. The highest BCUT2D eigenvalue weighted by Gasteiger charge is 2.20. The average molecular weight is 274 g/mol. The number of carbonyl (C=O) groups excluding carboxylic acids is 1. The highest BCUT2D eigenvalue weighted by Crippen LogP contribution is 2.28. The zero-order valence-corrected chi connectivity index (χ0v) is 12.2. The third-order valence-corrected chi connectivity index (χ3v) is 4.91. The Kier molecular flexibility index (Phi) is 3.35. The summed E-state index contributed by atoms with van der Waals surface area (Å²) in [5.41, 5.74) is 3.44. The molecule has 0 amide bonds. The van der Waals surface area contributed by atoms with E-state index in [-0.39, 0.29) is 11.7 Å². The van der Waals surface area contributed by atoms with Crippen LogP contribution in [0.1, 0.15) is 54.2 Å². The second kappa shape index (κ2) is 5.00. The van der Waals surface area contributed by atoms with Crippen molar-refractivity contribution in [1.29, 1.82) is 0 Å². The fourth-order valence-corrected chi connectivity index (χ4v) is 3.48. The van der Waals surface area contributed by atoms with E-state index >= 15 is 0 Å². The lowest BCUT2D eigenvalue weighted by atomic mass is 9.96. The summed E-state index contributed by atoms with van der Waals surface area (Å²) in [6.45, 7) is 4.00. The molecule has 0 N–H and O–H groups in total. The highest BCUT2D eigenvalue weighted by atomic mass is 32.1. The lowest BCUT2D eigenvalue weighted by Crippen LogP contribution is -2.09. The zero-order valence-electron chi connectivity index (χ0n) is 11.4. The van der Waals surface area contributed by atoms with E-state index in [2.05, 4.69) is 11.1 Å². The van der Waals surface area contributed by atoms with Gasteiger partial charge in [-0.25, -0.2) is 9.97 Å². The van der Waals surface area contributed by atoms with Crippen LogP contribution in [0.2, 0.25) is 0 Å². The topological polar surface area (TPSA) is 42.9 Å². The predicted molar refractivity (Wildman–Crippen MR) is 77.8 cm³/mol. The van der Waals surface area contributed by atoms with Gasteiger partial charge < -0.3 is 0 Å². The number of rotatable bonds is 3. The van der Waals surface area contributed by atoms with Crippen LogP contribution in [0, 0.1) is 5.92 Å². The van der Waals surface area contributed by atoms with Gasteiger partial charge in [0.15, 0.2) is 10.8 Å². The second-order valence-corrected chi connectivity index (χ2v) is 6.30. The van der Waals surface area contributed by atoms with Crippen LogP contribution in [0.5, 0.6) is 0 Å². The van der Waals surface area contributed by atoms with Crippen molar-refractivity contribution in [2.45, 2.75) is 46.0 Å². The molecule has 1 unspecified atom stereocenters. The number of fused-ring (bicyclic) bond motifs is 2. The zero-order chi connectivity index (χ0) is 13.4. The molecule has 2 aromatic rings. The number of nitrogens with zero attached hydrogens (tertiary/aromatic N) is 2. The number of aryl methyl sites for hydroxylation is 2. The molecule has 19 heavy (non-hydrogen) atoms. The molecule has 4 heteroatoms. The van der Waals surface area contributed by atoms with Crippen molar-refractivity contribution in [3.8, 4) is 0 Å². The molecule has 3 rings (SSSR count). The summed E-state index contributed by atoms with van der Waals surface area (Å²) in [7, 11) is 0. The number of Topliss-reactive ketones (excluding diaryl/α,β-unsaturated/α-hetero) is 1. The number of carbonyl (C=O) groups is 1. The van der Waals surface area contributed by atoms with E-state index in [1.165, 1.54) is 35.4 Å². The van der Waals surface area contributed by atoms with Crippen molar-refractivity contribution in [3.63, 3.8) is 0 Å². The fourth-order valence-electron chi connectivity index (χ4n) is 2.48. The Balaban J connectivity index is 2.03. The van der Waals surface area contributed by atoms with Crippen LogP contribution in [-0.4, -0.2) is 15.8 Å². The van der Waals surface area contributed by atoms with Crippen LogP contribution in [0.4, 0.5) is 0 Å². The first-order valence-corrected chi connectivity index (χ1v) is 7.84. The van der Waals surface area contributed by atoms with E-state index in [0.717, 1.165) is 29.6 Å². The van der Waals surface area contributed by atoms with Gasteiger partial charge in [0.25, 0.3) is 0 Å². The summed E-state index contributed by atoms with van der Waals surface area (Å²) < 4.78 is 0. The molecule has 2 heterocycles. The molecule has 0 bridgehead atoms. The average Bonchev–Trinajstić information content (AvgIpc) is 2.85. The third-order valence-electron chi connectivity index (χ3n) is 3.93. The number of pyridine rings is 1. The van der Waals surface area contributed by atoms with Crippen molar-refractivity contribution in [2.24, 2.45) is 5.92 Å². The summed E-state index contributed by atoms with van der Waals surface area (Å²) in [5, 5.41) is 0.624. The number of aromatic nitrogens is 2. The first kappa shape index (κ1) is 12.7. The molecule has 0 spiro atoms. The first-order valence-electron chi connectivity index (χ1n) is 7.02. The summed E-state index contributed by atoms with van der Waals surface area (Å²) in [4.78, 5) is 22.3. The monoisotopic (exact) mass is 274 g/mol. The number of hydrogen-bond donors (Lipinski definition) is 0. The molecule has 0 saturated heterocycles. The molecule has 100 valence electrons. The summed E-state index contributed by atoms with van der Waals surface area (Å²) in [5.74, 6) is 0.207. The smallest absolute Gasteiger partial charge is 0.194 e. The van der Waals surface area contributed by atoms with Gasteiger partial charge in [-0.3, -0.25) is 4.79 Å². The number of thiazole rings is 1. The second-order valence-electron chi connectivity index (χ2n) is 5.32. The Morgan fingerprint density at radius 3 is 2.95 bits per heavy atom. The molecule has 0 radical (unpaired) electrons. The largest absolute Gasteiger partial charge is 0.291 e. The van der Waals surface area contributed by atoms with Gasteiger partial charge in [0.1, 0.15) is 10.3 Å². The summed E-state index contributed by atoms with van der Waals surface area (Å²) in [6.07, 6.45) is 5.49. The molecule has 1 atom stereocenters. The SMILES string of the molecule is CCC(C)C(=O)c1nc2cc3c(nc2s1)CCCC3. The maximum absolute atomic E-state index is 12.2. The minimum Gasteiger partial charge on any atom is -0.291 e. The van der Waals surface area contributed by atoms with E-state index in [9.17, 15) is 4.79 Å². The van der Waals surface area contributed by atoms with Crippen LogP contribution < -0.4 is 0 Å². The van der Waals surface area contributed by atoms with Crippen LogP contribution in [0.3, 0.4) is 0 Å². The van der Waals surface area contributed by atoms with Crippen molar-refractivity contribution < 1.29 is 4.79 Å². The van der Waals surface area contributed by atoms with Gasteiger partial charge in [-0.05, 0) is 43.7 Å². The normalized spacial score (nSPS) is 16.3. The molecule has 0 aliphatic heterocycles. The molecule has 2 aromatic heterocycles. The number of ketones is 1. The molecule has 1 aliphatic rings. The molecule has 1 aliphatic carbocycles. The first-order chi connectivity index (χ1) is 9.19. The van der Waals surface area contributed by atoms with Crippen molar-refractivity contribution in [3.05, 3.63) is 22.3 Å². The molecule has 0 saturated carbocycles. The van der Waals surface area contributed by atoms with E-state index in [0.29, 0.717) is 5.01 Å². The third kappa shape index (κ3) is 2.29. The van der Waals surface area contributed by atoms with Crippen LogP contribution >= 0.6 is 11.3 Å². The lowest BCUT2D eigenvalue weighted by molar-refractivity contribution is 0.0927. The van der Waals surface area contributed by atoms with Gasteiger partial charge in [-0.2, -0.15) is 0 Å². The number of hydrogen-bond acceptors (Lipinski definition) is 4. The maximum atomic E-state index is 12.2. The molecular formula is C15H18N2OS.